The van der Waals surface area contributed by atoms with Crippen molar-refractivity contribution in [3.05, 3.63) is 32.9 Å². The standard InChI is InChI=1S/C15H24FN2O7P/c1-3-24-26(22,25-4-2)13(19)7-8-17-14(20)11(16)10-18(15(17)21)12-6-5-9-23-12/h10,12-13,19H,3-9H2,1-2H3/t12-,13+/m1/s1. The van der Waals surface area contributed by atoms with Crippen molar-refractivity contribution in [2.24, 2.45) is 0 Å². The summed E-state index contributed by atoms with van der Waals surface area (Å²) in [6.07, 6.45) is 1.18. The minimum absolute atomic E-state index is 0.0556. The van der Waals surface area contributed by atoms with Crippen molar-refractivity contribution in [1.82, 2.24) is 9.13 Å². The summed E-state index contributed by atoms with van der Waals surface area (Å²) in [5.41, 5.74) is -1.86. The van der Waals surface area contributed by atoms with Crippen molar-refractivity contribution in [1.29, 1.82) is 0 Å². The fourth-order valence-electron chi connectivity index (χ4n) is 2.74. The molecule has 0 radical (unpaired) electrons. The lowest BCUT2D eigenvalue weighted by Gasteiger charge is -2.22. The summed E-state index contributed by atoms with van der Waals surface area (Å²) in [5, 5.41) is 10.2. The number of aromatic nitrogens is 2. The molecule has 1 saturated heterocycles. The van der Waals surface area contributed by atoms with E-state index in [2.05, 4.69) is 0 Å². The van der Waals surface area contributed by atoms with Crippen molar-refractivity contribution in [3.8, 4) is 0 Å². The molecule has 0 aliphatic carbocycles. The molecule has 1 fully saturated rings. The van der Waals surface area contributed by atoms with Gasteiger partial charge in [0.05, 0.1) is 19.4 Å². The van der Waals surface area contributed by atoms with Crippen LogP contribution < -0.4 is 11.2 Å². The maximum atomic E-state index is 14.0. The van der Waals surface area contributed by atoms with E-state index in [4.69, 9.17) is 13.8 Å². The molecule has 11 heteroatoms. The molecule has 0 unspecified atom stereocenters. The molecule has 26 heavy (non-hydrogen) atoms. The molecule has 2 rings (SSSR count). The number of hydrogen-bond donors (Lipinski definition) is 1. The summed E-state index contributed by atoms with van der Waals surface area (Å²) in [7, 11) is -3.81. The van der Waals surface area contributed by atoms with E-state index in [1.54, 1.807) is 13.8 Å². The van der Waals surface area contributed by atoms with Gasteiger partial charge in [-0.05, 0) is 26.7 Å². The van der Waals surface area contributed by atoms with Crippen LogP contribution in [0.3, 0.4) is 0 Å². The zero-order chi connectivity index (χ0) is 19.3. The topological polar surface area (TPSA) is 109 Å². The van der Waals surface area contributed by atoms with Gasteiger partial charge in [-0.25, -0.2) is 4.79 Å². The van der Waals surface area contributed by atoms with Gasteiger partial charge in [0.15, 0.2) is 5.85 Å². The van der Waals surface area contributed by atoms with E-state index < -0.39 is 36.7 Å². The van der Waals surface area contributed by atoms with Crippen LogP contribution in [-0.2, 0) is 24.9 Å². The van der Waals surface area contributed by atoms with Crippen LogP contribution >= 0.6 is 7.60 Å². The van der Waals surface area contributed by atoms with Crippen LogP contribution in [0.5, 0.6) is 0 Å². The average molecular weight is 394 g/mol. The lowest BCUT2D eigenvalue weighted by molar-refractivity contribution is 0.0500. The minimum Gasteiger partial charge on any atom is -0.380 e. The Kier molecular flexibility index (Phi) is 7.31. The third-order valence-corrected chi connectivity index (χ3v) is 6.19. The maximum Gasteiger partial charge on any atom is 0.358 e. The van der Waals surface area contributed by atoms with Crippen molar-refractivity contribution in [2.45, 2.75) is 51.7 Å². The quantitative estimate of drug-likeness (QED) is 0.631. The van der Waals surface area contributed by atoms with E-state index in [0.717, 1.165) is 17.2 Å². The largest absolute Gasteiger partial charge is 0.380 e. The van der Waals surface area contributed by atoms with Gasteiger partial charge in [0, 0.05) is 19.6 Å². The van der Waals surface area contributed by atoms with Gasteiger partial charge in [0.25, 0.3) is 5.56 Å². The number of aliphatic hydroxyl groups excluding tert-OH is 1. The molecule has 0 aromatic carbocycles. The van der Waals surface area contributed by atoms with E-state index in [1.807, 2.05) is 0 Å². The Bertz CT molecular complexity index is 762. The molecule has 1 aromatic rings. The summed E-state index contributed by atoms with van der Waals surface area (Å²) in [5.74, 6) is -2.65. The Morgan fingerprint density at radius 3 is 2.58 bits per heavy atom. The van der Waals surface area contributed by atoms with E-state index in [9.17, 15) is 23.7 Å². The summed E-state index contributed by atoms with van der Waals surface area (Å²) in [6.45, 7) is 3.40. The fourth-order valence-corrected chi connectivity index (χ4v) is 4.31. The lowest BCUT2D eigenvalue weighted by Crippen LogP contribution is -2.43. The first-order valence-corrected chi connectivity index (χ1v) is 10.1. The van der Waals surface area contributed by atoms with Crippen LogP contribution in [0.1, 0.15) is 39.3 Å². The van der Waals surface area contributed by atoms with Crippen LogP contribution in [0, 0.1) is 5.82 Å². The second-order valence-electron chi connectivity index (χ2n) is 5.74. The zero-order valence-corrected chi connectivity index (χ0v) is 15.7. The molecule has 0 bridgehead atoms. The molecule has 0 spiro atoms. The fraction of sp³-hybridized carbons (Fsp3) is 0.733. The Morgan fingerprint density at radius 1 is 1.38 bits per heavy atom. The SMILES string of the molecule is CCOP(=O)(OCC)[C@H](O)CCn1c(=O)c(F)cn([C@H]2CCCO2)c1=O. The molecule has 0 amide bonds. The zero-order valence-electron chi connectivity index (χ0n) is 14.8. The molecule has 148 valence electrons. The number of ether oxygens (including phenoxy) is 1. The molecule has 9 nitrogen and oxygen atoms in total. The van der Waals surface area contributed by atoms with E-state index in [0.29, 0.717) is 17.6 Å². The third-order valence-electron chi connectivity index (χ3n) is 3.96. The van der Waals surface area contributed by atoms with E-state index in [1.165, 1.54) is 0 Å². The molecular weight excluding hydrogens is 370 g/mol. The maximum absolute atomic E-state index is 14.0. The summed E-state index contributed by atoms with van der Waals surface area (Å²) >= 11 is 0. The number of hydrogen-bond acceptors (Lipinski definition) is 7. The van der Waals surface area contributed by atoms with E-state index >= 15 is 0 Å². The van der Waals surface area contributed by atoms with Gasteiger partial charge in [0.1, 0.15) is 6.23 Å². The number of nitrogens with zero attached hydrogens (tertiary/aromatic N) is 2. The molecular formula is C15H24FN2O7P. The summed E-state index contributed by atoms with van der Waals surface area (Å²) < 4.78 is 43.5. The van der Waals surface area contributed by atoms with Gasteiger partial charge in [-0.3, -0.25) is 18.5 Å². The van der Waals surface area contributed by atoms with Gasteiger partial charge < -0.3 is 18.9 Å². The Morgan fingerprint density at radius 2 is 2.04 bits per heavy atom. The molecule has 1 aliphatic heterocycles. The van der Waals surface area contributed by atoms with E-state index in [-0.39, 0.29) is 26.2 Å². The molecule has 1 N–H and O–H groups in total. The normalized spacial score (nSPS) is 19.0. The van der Waals surface area contributed by atoms with Crippen LogP contribution in [0.15, 0.2) is 15.8 Å². The predicted molar refractivity (Wildman–Crippen MR) is 90.6 cm³/mol. The number of halogens is 1. The minimum atomic E-state index is -3.81. The molecule has 1 aliphatic rings. The summed E-state index contributed by atoms with van der Waals surface area (Å²) in [4.78, 5) is 24.5. The Hall–Kier alpha value is -1.32. The van der Waals surface area contributed by atoms with Crippen molar-refractivity contribution >= 4 is 7.60 Å². The van der Waals surface area contributed by atoms with Crippen LogP contribution in [-0.4, -0.2) is 39.9 Å². The molecule has 1 aromatic heterocycles. The van der Waals surface area contributed by atoms with Crippen molar-refractivity contribution < 1.29 is 27.8 Å². The number of rotatable bonds is 9. The highest BCUT2D eigenvalue weighted by atomic mass is 31.2. The number of aliphatic hydroxyl groups is 1. The average Bonchev–Trinajstić information content (AvgIpc) is 3.12. The smallest absolute Gasteiger partial charge is 0.358 e. The van der Waals surface area contributed by atoms with Gasteiger partial charge >= 0.3 is 13.3 Å². The van der Waals surface area contributed by atoms with Crippen LogP contribution in [0.25, 0.3) is 0 Å². The van der Waals surface area contributed by atoms with Gasteiger partial charge in [-0.1, -0.05) is 0 Å². The molecule has 2 atom stereocenters. The third kappa shape index (κ3) is 4.50. The van der Waals surface area contributed by atoms with Crippen molar-refractivity contribution in [2.75, 3.05) is 19.8 Å². The monoisotopic (exact) mass is 394 g/mol. The second-order valence-corrected chi connectivity index (χ2v) is 7.93. The molecule has 2 heterocycles. The first-order valence-electron chi connectivity index (χ1n) is 8.54. The Labute approximate surface area is 149 Å². The van der Waals surface area contributed by atoms with Gasteiger partial charge in [-0.2, -0.15) is 4.39 Å². The second kappa shape index (κ2) is 9.05. The summed E-state index contributed by atoms with van der Waals surface area (Å²) in [6, 6.07) is 0. The lowest BCUT2D eigenvalue weighted by atomic mass is 10.3. The van der Waals surface area contributed by atoms with Crippen LogP contribution in [0.2, 0.25) is 0 Å². The highest BCUT2D eigenvalue weighted by Gasteiger charge is 2.34. The van der Waals surface area contributed by atoms with Gasteiger partial charge in [-0.15, -0.1) is 0 Å². The van der Waals surface area contributed by atoms with Crippen molar-refractivity contribution in [3.63, 3.8) is 0 Å². The Balaban J connectivity index is 2.24. The molecule has 0 saturated carbocycles. The predicted octanol–water partition coefficient (Wildman–Crippen LogP) is 1.43. The highest BCUT2D eigenvalue weighted by molar-refractivity contribution is 7.54. The first kappa shape index (κ1) is 21.0. The van der Waals surface area contributed by atoms with Crippen LogP contribution in [0.4, 0.5) is 4.39 Å². The first-order chi connectivity index (χ1) is 12.3. The van der Waals surface area contributed by atoms with Gasteiger partial charge in [0.2, 0.25) is 5.82 Å². The highest BCUT2D eigenvalue weighted by Crippen LogP contribution is 2.53.